The van der Waals surface area contributed by atoms with Crippen LogP contribution in [0.1, 0.15) is 46.4 Å². The predicted octanol–water partition coefficient (Wildman–Crippen LogP) is 3.07. The molecule has 0 fully saturated rings. The van der Waals surface area contributed by atoms with Crippen LogP contribution in [0.2, 0.25) is 0 Å². The maximum Gasteiger partial charge on any atom is 0.319 e. The average molecular weight is 289 g/mol. The SMILES string of the molecule is CCOC(=O)C(CC)(CC)c1nc2cccnc2n1CC. The Morgan fingerprint density at radius 2 is 2.00 bits per heavy atom. The topological polar surface area (TPSA) is 57.0 Å². The van der Waals surface area contributed by atoms with Crippen molar-refractivity contribution in [1.29, 1.82) is 0 Å². The molecule has 0 aliphatic carbocycles. The van der Waals surface area contributed by atoms with E-state index < -0.39 is 5.41 Å². The van der Waals surface area contributed by atoms with Gasteiger partial charge in [0.05, 0.1) is 6.61 Å². The maximum absolute atomic E-state index is 12.6. The second kappa shape index (κ2) is 6.24. The van der Waals surface area contributed by atoms with Crippen LogP contribution in [0, 0.1) is 0 Å². The van der Waals surface area contributed by atoms with E-state index in [0.29, 0.717) is 19.4 Å². The van der Waals surface area contributed by atoms with E-state index >= 15 is 0 Å². The first-order chi connectivity index (χ1) is 10.1. The highest BCUT2D eigenvalue weighted by Crippen LogP contribution is 2.34. The largest absolute Gasteiger partial charge is 0.465 e. The van der Waals surface area contributed by atoms with Crippen molar-refractivity contribution >= 4 is 17.1 Å². The molecule has 5 nitrogen and oxygen atoms in total. The molecule has 0 aliphatic rings. The summed E-state index contributed by atoms with van der Waals surface area (Å²) in [4.78, 5) is 21.7. The van der Waals surface area contributed by atoms with Crippen molar-refractivity contribution in [2.45, 2.75) is 52.5 Å². The van der Waals surface area contributed by atoms with Gasteiger partial charge in [0, 0.05) is 12.7 Å². The lowest BCUT2D eigenvalue weighted by Crippen LogP contribution is -2.39. The Hall–Kier alpha value is -1.91. The number of carbonyl (C=O) groups excluding carboxylic acids is 1. The highest BCUT2D eigenvalue weighted by atomic mass is 16.5. The van der Waals surface area contributed by atoms with Crippen LogP contribution in [0.4, 0.5) is 0 Å². The van der Waals surface area contributed by atoms with Crippen LogP contribution in [0.25, 0.3) is 11.2 Å². The van der Waals surface area contributed by atoms with Crippen LogP contribution in [-0.2, 0) is 21.5 Å². The Morgan fingerprint density at radius 3 is 2.57 bits per heavy atom. The first-order valence-corrected chi connectivity index (χ1v) is 7.63. The Bertz CT molecular complexity index is 629. The Labute approximate surface area is 125 Å². The number of nitrogens with zero attached hydrogens (tertiary/aromatic N) is 3. The summed E-state index contributed by atoms with van der Waals surface area (Å²) in [5, 5.41) is 0. The van der Waals surface area contributed by atoms with Crippen LogP contribution in [0.15, 0.2) is 18.3 Å². The number of hydrogen-bond donors (Lipinski definition) is 0. The van der Waals surface area contributed by atoms with Crippen LogP contribution in [0.5, 0.6) is 0 Å². The fourth-order valence-electron chi connectivity index (χ4n) is 2.84. The van der Waals surface area contributed by atoms with E-state index in [1.807, 2.05) is 44.4 Å². The van der Waals surface area contributed by atoms with Crippen molar-refractivity contribution < 1.29 is 9.53 Å². The van der Waals surface area contributed by atoms with Crippen molar-refractivity contribution in [2.75, 3.05) is 6.61 Å². The van der Waals surface area contributed by atoms with Gasteiger partial charge in [0.25, 0.3) is 0 Å². The molecule has 2 rings (SSSR count). The molecule has 0 aromatic carbocycles. The molecule has 2 aromatic rings. The molecule has 0 saturated heterocycles. The molecule has 0 saturated carbocycles. The number of pyridine rings is 1. The van der Waals surface area contributed by atoms with E-state index in [0.717, 1.165) is 23.5 Å². The summed E-state index contributed by atoms with van der Waals surface area (Å²) >= 11 is 0. The normalized spacial score (nSPS) is 11.8. The van der Waals surface area contributed by atoms with E-state index in [-0.39, 0.29) is 5.97 Å². The molecule has 114 valence electrons. The van der Waals surface area contributed by atoms with E-state index in [1.54, 1.807) is 6.20 Å². The van der Waals surface area contributed by atoms with Gasteiger partial charge in [0.1, 0.15) is 16.8 Å². The molecule has 0 aliphatic heterocycles. The summed E-state index contributed by atoms with van der Waals surface area (Å²) in [7, 11) is 0. The minimum Gasteiger partial charge on any atom is -0.465 e. The van der Waals surface area contributed by atoms with Gasteiger partial charge in [0.2, 0.25) is 0 Å². The van der Waals surface area contributed by atoms with Gasteiger partial charge in [-0.3, -0.25) is 4.79 Å². The van der Waals surface area contributed by atoms with E-state index in [1.165, 1.54) is 0 Å². The van der Waals surface area contributed by atoms with Gasteiger partial charge in [-0.15, -0.1) is 0 Å². The van der Waals surface area contributed by atoms with E-state index in [2.05, 4.69) is 4.98 Å². The summed E-state index contributed by atoms with van der Waals surface area (Å²) in [6, 6.07) is 3.79. The zero-order valence-electron chi connectivity index (χ0n) is 13.2. The molecule has 21 heavy (non-hydrogen) atoms. The van der Waals surface area contributed by atoms with Crippen LogP contribution < -0.4 is 0 Å². The quantitative estimate of drug-likeness (QED) is 0.767. The average Bonchev–Trinajstić information content (AvgIpc) is 2.88. The molecule has 5 heteroatoms. The lowest BCUT2D eigenvalue weighted by molar-refractivity contribution is -0.151. The third-order valence-corrected chi connectivity index (χ3v) is 4.12. The maximum atomic E-state index is 12.6. The minimum atomic E-state index is -0.702. The lowest BCUT2D eigenvalue weighted by atomic mass is 9.81. The fraction of sp³-hybridized carbons (Fsp3) is 0.562. The Balaban J connectivity index is 2.67. The van der Waals surface area contributed by atoms with Crippen LogP contribution >= 0.6 is 0 Å². The molecule has 2 heterocycles. The number of aromatic nitrogens is 3. The van der Waals surface area contributed by atoms with Crippen molar-refractivity contribution in [3.8, 4) is 0 Å². The van der Waals surface area contributed by atoms with Gasteiger partial charge in [-0.05, 0) is 38.8 Å². The molecule has 2 aromatic heterocycles. The van der Waals surface area contributed by atoms with Gasteiger partial charge >= 0.3 is 5.97 Å². The van der Waals surface area contributed by atoms with E-state index in [9.17, 15) is 4.79 Å². The first-order valence-electron chi connectivity index (χ1n) is 7.63. The van der Waals surface area contributed by atoms with Crippen molar-refractivity contribution in [2.24, 2.45) is 0 Å². The third-order valence-electron chi connectivity index (χ3n) is 4.12. The van der Waals surface area contributed by atoms with Gasteiger partial charge in [-0.25, -0.2) is 9.97 Å². The van der Waals surface area contributed by atoms with Crippen molar-refractivity contribution in [3.63, 3.8) is 0 Å². The number of hydrogen-bond acceptors (Lipinski definition) is 4. The summed E-state index contributed by atoms with van der Waals surface area (Å²) in [6.07, 6.45) is 3.07. The zero-order valence-corrected chi connectivity index (χ0v) is 13.2. The predicted molar refractivity (Wildman–Crippen MR) is 82.1 cm³/mol. The van der Waals surface area contributed by atoms with Crippen molar-refractivity contribution in [1.82, 2.24) is 14.5 Å². The van der Waals surface area contributed by atoms with Crippen molar-refractivity contribution in [3.05, 3.63) is 24.2 Å². The molecular formula is C16H23N3O2. The molecule has 0 N–H and O–H groups in total. The second-order valence-corrected chi connectivity index (χ2v) is 5.04. The summed E-state index contributed by atoms with van der Waals surface area (Å²) in [5.41, 5.74) is 0.947. The van der Waals surface area contributed by atoms with Gasteiger partial charge in [0.15, 0.2) is 5.65 Å². The summed E-state index contributed by atoms with van der Waals surface area (Å²) in [6.45, 7) is 8.99. The van der Waals surface area contributed by atoms with Crippen LogP contribution in [0.3, 0.4) is 0 Å². The monoisotopic (exact) mass is 289 g/mol. The molecule has 0 amide bonds. The van der Waals surface area contributed by atoms with Gasteiger partial charge in [-0.1, -0.05) is 13.8 Å². The Morgan fingerprint density at radius 1 is 1.29 bits per heavy atom. The number of esters is 1. The molecule has 0 radical (unpaired) electrons. The molecule has 0 bridgehead atoms. The number of imidazole rings is 1. The highest BCUT2D eigenvalue weighted by molar-refractivity contribution is 5.84. The standard InChI is InChI=1S/C16H23N3O2/c1-5-16(6-2,15(20)21-8-4)14-18-12-10-9-11-17-13(12)19(14)7-3/h9-11H,5-8H2,1-4H3. The number of ether oxygens (including phenoxy) is 1. The molecular weight excluding hydrogens is 266 g/mol. The number of fused-ring (bicyclic) bond motifs is 1. The van der Waals surface area contributed by atoms with E-state index in [4.69, 9.17) is 9.72 Å². The molecule has 0 atom stereocenters. The van der Waals surface area contributed by atoms with Gasteiger partial charge in [-0.2, -0.15) is 0 Å². The lowest BCUT2D eigenvalue weighted by Gasteiger charge is -2.28. The minimum absolute atomic E-state index is 0.194. The first kappa shape index (κ1) is 15.5. The zero-order chi connectivity index (χ0) is 15.5. The summed E-state index contributed by atoms with van der Waals surface area (Å²) in [5.74, 6) is 0.571. The second-order valence-electron chi connectivity index (χ2n) is 5.04. The fourth-order valence-corrected chi connectivity index (χ4v) is 2.84. The molecule has 0 spiro atoms. The highest BCUT2D eigenvalue weighted by Gasteiger charge is 2.42. The Kier molecular flexibility index (Phi) is 4.60. The van der Waals surface area contributed by atoms with Crippen LogP contribution in [-0.4, -0.2) is 27.1 Å². The number of rotatable bonds is 6. The smallest absolute Gasteiger partial charge is 0.319 e. The number of aryl methyl sites for hydroxylation is 1. The molecule has 0 unspecified atom stereocenters. The summed E-state index contributed by atoms with van der Waals surface area (Å²) < 4.78 is 7.35. The van der Waals surface area contributed by atoms with Gasteiger partial charge < -0.3 is 9.30 Å². The third kappa shape index (κ3) is 2.41. The number of carbonyl (C=O) groups is 1.